The predicted octanol–water partition coefficient (Wildman–Crippen LogP) is 6.67. The Bertz CT molecular complexity index is 1510. The topological polar surface area (TPSA) is 54.8 Å². The molecular formula is C27H20FN3O2S. The lowest BCUT2D eigenvalue weighted by atomic mass is 10.0. The molecule has 0 N–H and O–H groups in total. The summed E-state index contributed by atoms with van der Waals surface area (Å²) < 4.78 is 19.9. The molecule has 5 aromatic rings. The van der Waals surface area contributed by atoms with Crippen molar-refractivity contribution in [2.24, 2.45) is 5.10 Å². The van der Waals surface area contributed by atoms with Gasteiger partial charge >= 0.3 is 0 Å². The van der Waals surface area contributed by atoms with Crippen LogP contribution >= 0.6 is 11.3 Å². The van der Waals surface area contributed by atoms with E-state index in [9.17, 15) is 9.18 Å². The number of nitrogens with zero attached hydrogens (tertiary/aromatic N) is 3. The van der Waals surface area contributed by atoms with Gasteiger partial charge in [-0.2, -0.15) is 10.1 Å². The first kappa shape index (κ1) is 21.7. The average Bonchev–Trinajstić information content (AvgIpc) is 3.27. The van der Waals surface area contributed by atoms with Gasteiger partial charge in [-0.3, -0.25) is 4.79 Å². The lowest BCUT2D eigenvalue weighted by molar-refractivity contribution is 0.0989. The minimum atomic E-state index is -0.354. The maximum absolute atomic E-state index is 13.8. The SMILES string of the molecule is CCOc1ccc(/C=N/N(C(=O)c2cccc3ccccc23)c2nc3ccc(F)cc3s2)cc1. The minimum Gasteiger partial charge on any atom is -0.494 e. The first-order valence-corrected chi connectivity index (χ1v) is 11.6. The highest BCUT2D eigenvalue weighted by Gasteiger charge is 2.22. The number of rotatable bonds is 6. The lowest BCUT2D eigenvalue weighted by Gasteiger charge is -2.15. The highest BCUT2D eigenvalue weighted by atomic mass is 32.1. The molecule has 7 heteroatoms. The van der Waals surface area contributed by atoms with Gasteiger partial charge in [0, 0.05) is 5.56 Å². The average molecular weight is 470 g/mol. The van der Waals surface area contributed by atoms with Crippen LogP contribution in [0, 0.1) is 5.82 Å². The number of thiazole rings is 1. The molecule has 5 rings (SSSR count). The van der Waals surface area contributed by atoms with Crippen molar-refractivity contribution in [3.05, 3.63) is 102 Å². The van der Waals surface area contributed by atoms with Crippen molar-refractivity contribution in [1.29, 1.82) is 0 Å². The third kappa shape index (κ3) is 4.38. The fourth-order valence-corrected chi connectivity index (χ4v) is 4.58. The monoisotopic (exact) mass is 469 g/mol. The summed E-state index contributed by atoms with van der Waals surface area (Å²) in [5, 5.41) is 7.93. The van der Waals surface area contributed by atoms with Crippen LogP contribution in [0.5, 0.6) is 5.75 Å². The fraction of sp³-hybridized carbons (Fsp3) is 0.0741. The van der Waals surface area contributed by atoms with Crippen molar-refractivity contribution in [3.63, 3.8) is 0 Å². The Hall–Kier alpha value is -4.10. The Morgan fingerprint density at radius 3 is 2.68 bits per heavy atom. The number of benzene rings is 4. The largest absolute Gasteiger partial charge is 0.494 e. The van der Waals surface area contributed by atoms with Crippen molar-refractivity contribution in [1.82, 2.24) is 4.98 Å². The Balaban J connectivity index is 1.57. The van der Waals surface area contributed by atoms with Crippen LogP contribution in [0.15, 0.2) is 90.0 Å². The second-order valence-corrected chi connectivity index (χ2v) is 8.51. The highest BCUT2D eigenvalue weighted by Crippen LogP contribution is 2.31. The number of carbonyl (C=O) groups excluding carboxylic acids is 1. The van der Waals surface area contributed by atoms with Gasteiger partial charge in [0.05, 0.1) is 23.0 Å². The van der Waals surface area contributed by atoms with E-state index >= 15 is 0 Å². The predicted molar refractivity (Wildman–Crippen MR) is 136 cm³/mol. The first-order valence-electron chi connectivity index (χ1n) is 10.8. The number of hydrazone groups is 1. The molecule has 0 fully saturated rings. The molecule has 0 saturated carbocycles. The van der Waals surface area contributed by atoms with E-state index in [4.69, 9.17) is 4.74 Å². The van der Waals surface area contributed by atoms with Gasteiger partial charge in [-0.1, -0.05) is 47.7 Å². The van der Waals surface area contributed by atoms with Crippen LogP contribution in [0.1, 0.15) is 22.8 Å². The minimum absolute atomic E-state index is 0.321. The summed E-state index contributed by atoms with van der Waals surface area (Å²) in [7, 11) is 0. The van der Waals surface area contributed by atoms with E-state index < -0.39 is 0 Å². The van der Waals surface area contributed by atoms with E-state index in [-0.39, 0.29) is 11.7 Å². The Morgan fingerprint density at radius 2 is 1.85 bits per heavy atom. The normalized spacial score (nSPS) is 11.4. The first-order chi connectivity index (χ1) is 16.6. The summed E-state index contributed by atoms with van der Waals surface area (Å²) >= 11 is 1.21. The molecule has 0 aliphatic rings. The van der Waals surface area contributed by atoms with Gasteiger partial charge in [0.15, 0.2) is 0 Å². The summed E-state index contributed by atoms with van der Waals surface area (Å²) in [5.74, 6) is 0.0857. The van der Waals surface area contributed by atoms with Crippen LogP contribution in [-0.4, -0.2) is 23.7 Å². The third-order valence-electron chi connectivity index (χ3n) is 5.25. The Labute approximate surface area is 199 Å². The van der Waals surface area contributed by atoms with Gasteiger partial charge in [0.2, 0.25) is 5.13 Å². The number of ether oxygens (including phenoxy) is 1. The van der Waals surface area contributed by atoms with E-state index in [1.165, 1.54) is 28.5 Å². The van der Waals surface area contributed by atoms with Crippen molar-refractivity contribution < 1.29 is 13.9 Å². The molecule has 0 atom stereocenters. The zero-order valence-corrected chi connectivity index (χ0v) is 19.1. The van der Waals surface area contributed by atoms with Gasteiger partial charge in [-0.15, -0.1) is 0 Å². The van der Waals surface area contributed by atoms with Crippen LogP contribution in [0.3, 0.4) is 0 Å². The molecule has 1 aromatic heterocycles. The van der Waals surface area contributed by atoms with Crippen LogP contribution < -0.4 is 9.75 Å². The van der Waals surface area contributed by atoms with Crippen molar-refractivity contribution in [2.45, 2.75) is 6.92 Å². The van der Waals surface area contributed by atoms with E-state index in [0.717, 1.165) is 22.1 Å². The van der Waals surface area contributed by atoms with E-state index in [1.807, 2.05) is 67.6 Å². The second-order valence-electron chi connectivity index (χ2n) is 7.50. The Kier molecular flexibility index (Phi) is 6.01. The van der Waals surface area contributed by atoms with E-state index in [0.29, 0.717) is 27.5 Å². The third-order valence-corrected chi connectivity index (χ3v) is 6.24. The van der Waals surface area contributed by atoms with Gasteiger partial charge in [0.25, 0.3) is 5.91 Å². The molecule has 0 radical (unpaired) electrons. The van der Waals surface area contributed by atoms with Gasteiger partial charge in [0.1, 0.15) is 11.6 Å². The number of carbonyl (C=O) groups is 1. The van der Waals surface area contributed by atoms with Crippen molar-refractivity contribution in [3.8, 4) is 5.75 Å². The standard InChI is InChI=1S/C27H20FN3O2S/c1-2-33-21-13-10-18(11-14-21)17-29-31(27-30-24-15-12-20(28)16-25(24)34-27)26(32)23-9-5-7-19-6-3-4-8-22(19)23/h3-17H,2H2,1H3/b29-17+. The van der Waals surface area contributed by atoms with Crippen molar-refractivity contribution >= 4 is 49.6 Å². The fourth-order valence-electron chi connectivity index (χ4n) is 3.63. The number of anilines is 1. The van der Waals surface area contributed by atoms with Crippen LogP contribution in [-0.2, 0) is 0 Å². The number of fused-ring (bicyclic) bond motifs is 2. The summed E-state index contributed by atoms with van der Waals surface area (Å²) in [4.78, 5) is 18.3. The quantitative estimate of drug-likeness (QED) is 0.206. The summed E-state index contributed by atoms with van der Waals surface area (Å²) in [6.07, 6.45) is 1.60. The van der Waals surface area contributed by atoms with Crippen LogP contribution in [0.25, 0.3) is 21.0 Å². The molecule has 1 heterocycles. The molecule has 168 valence electrons. The number of amides is 1. The summed E-state index contributed by atoms with van der Waals surface area (Å²) in [6, 6.07) is 25.1. The van der Waals surface area contributed by atoms with Gasteiger partial charge in [-0.05, 0) is 71.8 Å². The summed E-state index contributed by atoms with van der Waals surface area (Å²) in [5.41, 5.74) is 1.91. The zero-order valence-electron chi connectivity index (χ0n) is 18.3. The maximum Gasteiger partial charge on any atom is 0.281 e. The molecule has 0 saturated heterocycles. The number of hydrogen-bond donors (Lipinski definition) is 0. The summed E-state index contributed by atoms with van der Waals surface area (Å²) in [6.45, 7) is 2.51. The van der Waals surface area contributed by atoms with E-state index in [2.05, 4.69) is 10.1 Å². The van der Waals surface area contributed by atoms with Crippen LogP contribution in [0.2, 0.25) is 0 Å². The Morgan fingerprint density at radius 1 is 1.06 bits per heavy atom. The smallest absolute Gasteiger partial charge is 0.281 e. The van der Waals surface area contributed by atoms with Crippen LogP contribution in [0.4, 0.5) is 9.52 Å². The van der Waals surface area contributed by atoms with E-state index in [1.54, 1.807) is 18.3 Å². The maximum atomic E-state index is 13.8. The number of halogens is 1. The molecule has 4 aromatic carbocycles. The zero-order chi connectivity index (χ0) is 23.5. The molecule has 0 aliphatic carbocycles. The highest BCUT2D eigenvalue weighted by molar-refractivity contribution is 7.22. The molecular weight excluding hydrogens is 449 g/mol. The molecule has 0 unspecified atom stereocenters. The van der Waals surface area contributed by atoms with Crippen molar-refractivity contribution in [2.75, 3.05) is 11.6 Å². The molecule has 0 aliphatic heterocycles. The molecule has 0 spiro atoms. The number of hydrogen-bond acceptors (Lipinski definition) is 5. The molecule has 0 bridgehead atoms. The van der Waals surface area contributed by atoms with Gasteiger partial charge in [-0.25, -0.2) is 9.37 Å². The molecule has 1 amide bonds. The van der Waals surface area contributed by atoms with Gasteiger partial charge < -0.3 is 4.74 Å². The lowest BCUT2D eigenvalue weighted by Crippen LogP contribution is -2.25. The molecule has 5 nitrogen and oxygen atoms in total. The second kappa shape index (κ2) is 9.41. The molecule has 34 heavy (non-hydrogen) atoms. The number of aromatic nitrogens is 1.